The van der Waals surface area contributed by atoms with E-state index < -0.39 is 0 Å². The van der Waals surface area contributed by atoms with Crippen LogP contribution in [-0.4, -0.2) is 25.7 Å². The summed E-state index contributed by atoms with van der Waals surface area (Å²) in [6.07, 6.45) is 5.95. The van der Waals surface area contributed by atoms with Gasteiger partial charge in [-0.2, -0.15) is 5.10 Å². The van der Waals surface area contributed by atoms with Crippen molar-refractivity contribution in [2.45, 2.75) is 0 Å². The maximum absolute atomic E-state index is 11.7. The summed E-state index contributed by atoms with van der Waals surface area (Å²) in [5.74, 6) is 0.550. The van der Waals surface area contributed by atoms with E-state index in [0.717, 1.165) is 0 Å². The highest BCUT2D eigenvalue weighted by atomic mass is 16.3. The molecule has 0 radical (unpaired) electrons. The SMILES string of the molecule is O=C(Nc1ccc(-n2cncn2)nc1)c1ccco1. The Kier molecular flexibility index (Phi) is 2.77. The van der Waals surface area contributed by atoms with Crippen molar-refractivity contribution in [1.29, 1.82) is 0 Å². The first-order valence-electron chi connectivity index (χ1n) is 5.49. The van der Waals surface area contributed by atoms with Crippen molar-refractivity contribution >= 4 is 11.6 Å². The van der Waals surface area contributed by atoms with E-state index in [9.17, 15) is 4.79 Å². The first kappa shape index (κ1) is 11.1. The molecule has 0 aliphatic rings. The third kappa shape index (κ3) is 2.34. The standard InChI is InChI=1S/C12H9N5O2/c18-12(10-2-1-5-19-10)16-9-3-4-11(14-6-9)17-8-13-7-15-17/h1-8H,(H,16,18). The number of hydrogen-bond acceptors (Lipinski definition) is 5. The van der Waals surface area contributed by atoms with Crippen LogP contribution >= 0.6 is 0 Å². The number of carbonyl (C=O) groups excluding carboxylic acids is 1. The maximum Gasteiger partial charge on any atom is 0.291 e. The van der Waals surface area contributed by atoms with Crippen molar-refractivity contribution < 1.29 is 9.21 Å². The number of aromatic nitrogens is 4. The lowest BCUT2D eigenvalue weighted by Crippen LogP contribution is -2.11. The van der Waals surface area contributed by atoms with Gasteiger partial charge < -0.3 is 9.73 Å². The van der Waals surface area contributed by atoms with Gasteiger partial charge >= 0.3 is 0 Å². The molecule has 1 N–H and O–H groups in total. The van der Waals surface area contributed by atoms with Crippen LogP contribution in [0.5, 0.6) is 0 Å². The van der Waals surface area contributed by atoms with Gasteiger partial charge in [0.1, 0.15) is 12.7 Å². The Morgan fingerprint density at radius 2 is 2.26 bits per heavy atom. The van der Waals surface area contributed by atoms with Crippen LogP contribution in [0.4, 0.5) is 5.69 Å². The van der Waals surface area contributed by atoms with Gasteiger partial charge in [0.15, 0.2) is 11.6 Å². The maximum atomic E-state index is 11.7. The van der Waals surface area contributed by atoms with Gasteiger partial charge in [0.05, 0.1) is 18.1 Å². The Balaban J connectivity index is 1.75. The van der Waals surface area contributed by atoms with Crippen molar-refractivity contribution in [3.05, 3.63) is 55.1 Å². The molecule has 0 aliphatic heterocycles. The molecule has 0 unspecified atom stereocenters. The Labute approximate surface area is 107 Å². The van der Waals surface area contributed by atoms with Crippen LogP contribution in [0.25, 0.3) is 5.82 Å². The molecule has 0 aliphatic carbocycles. The summed E-state index contributed by atoms with van der Waals surface area (Å²) in [5, 5.41) is 6.63. The molecule has 0 saturated carbocycles. The van der Waals surface area contributed by atoms with Gasteiger partial charge in [0.2, 0.25) is 0 Å². The van der Waals surface area contributed by atoms with Gasteiger partial charge in [-0.1, -0.05) is 0 Å². The third-order valence-electron chi connectivity index (χ3n) is 2.40. The minimum atomic E-state index is -0.319. The fourth-order valence-corrected chi connectivity index (χ4v) is 1.52. The first-order valence-corrected chi connectivity index (χ1v) is 5.49. The summed E-state index contributed by atoms with van der Waals surface area (Å²) in [7, 11) is 0. The normalized spacial score (nSPS) is 10.3. The number of hydrogen-bond donors (Lipinski definition) is 1. The number of nitrogens with zero attached hydrogens (tertiary/aromatic N) is 4. The second kappa shape index (κ2) is 4.73. The van der Waals surface area contributed by atoms with E-state index in [4.69, 9.17) is 4.42 Å². The lowest BCUT2D eigenvalue weighted by atomic mass is 10.3. The van der Waals surface area contributed by atoms with Crippen LogP contribution in [0.1, 0.15) is 10.6 Å². The van der Waals surface area contributed by atoms with Gasteiger partial charge in [-0.05, 0) is 24.3 Å². The van der Waals surface area contributed by atoms with Gasteiger partial charge in [-0.25, -0.2) is 14.6 Å². The molecule has 7 heteroatoms. The van der Waals surface area contributed by atoms with Crippen LogP contribution in [0.15, 0.2) is 53.8 Å². The van der Waals surface area contributed by atoms with Crippen molar-refractivity contribution in [2.75, 3.05) is 5.32 Å². The van der Waals surface area contributed by atoms with Gasteiger partial charge in [0.25, 0.3) is 5.91 Å². The van der Waals surface area contributed by atoms with E-state index in [1.54, 1.807) is 30.6 Å². The number of nitrogens with one attached hydrogen (secondary N) is 1. The summed E-state index contributed by atoms with van der Waals surface area (Å²) in [6, 6.07) is 6.70. The first-order chi connectivity index (χ1) is 9.33. The van der Waals surface area contributed by atoms with Crippen molar-refractivity contribution in [1.82, 2.24) is 19.7 Å². The summed E-state index contributed by atoms with van der Waals surface area (Å²) in [6.45, 7) is 0. The number of carbonyl (C=O) groups is 1. The fourth-order valence-electron chi connectivity index (χ4n) is 1.52. The smallest absolute Gasteiger partial charge is 0.291 e. The van der Waals surface area contributed by atoms with E-state index in [-0.39, 0.29) is 11.7 Å². The number of pyridine rings is 1. The quantitative estimate of drug-likeness (QED) is 0.766. The summed E-state index contributed by atoms with van der Waals surface area (Å²) in [5.41, 5.74) is 0.574. The highest BCUT2D eigenvalue weighted by Crippen LogP contribution is 2.10. The molecular weight excluding hydrogens is 246 g/mol. The lowest BCUT2D eigenvalue weighted by molar-refractivity contribution is 0.0996. The van der Waals surface area contributed by atoms with E-state index in [0.29, 0.717) is 11.5 Å². The van der Waals surface area contributed by atoms with Crippen LogP contribution in [0.3, 0.4) is 0 Å². The largest absolute Gasteiger partial charge is 0.459 e. The highest BCUT2D eigenvalue weighted by Gasteiger charge is 2.08. The van der Waals surface area contributed by atoms with Crippen molar-refractivity contribution in [3.63, 3.8) is 0 Å². The number of furan rings is 1. The van der Waals surface area contributed by atoms with E-state index in [1.807, 2.05) is 0 Å². The van der Waals surface area contributed by atoms with Crippen molar-refractivity contribution in [2.24, 2.45) is 0 Å². The molecule has 1 amide bonds. The second-order valence-corrected chi connectivity index (χ2v) is 3.68. The zero-order valence-electron chi connectivity index (χ0n) is 9.72. The molecule has 19 heavy (non-hydrogen) atoms. The molecule has 0 fully saturated rings. The molecule has 3 heterocycles. The molecule has 3 aromatic heterocycles. The summed E-state index contributed by atoms with van der Waals surface area (Å²) < 4.78 is 6.52. The molecule has 94 valence electrons. The number of rotatable bonds is 3. The predicted octanol–water partition coefficient (Wildman–Crippen LogP) is 1.51. The zero-order valence-corrected chi connectivity index (χ0v) is 9.72. The van der Waals surface area contributed by atoms with Gasteiger partial charge in [-0.15, -0.1) is 0 Å². The lowest BCUT2D eigenvalue weighted by Gasteiger charge is -2.04. The molecule has 0 aromatic carbocycles. The number of anilines is 1. The fraction of sp³-hybridized carbons (Fsp3) is 0. The molecule has 3 rings (SSSR count). The second-order valence-electron chi connectivity index (χ2n) is 3.68. The zero-order chi connectivity index (χ0) is 13.1. The van der Waals surface area contributed by atoms with Crippen molar-refractivity contribution in [3.8, 4) is 5.82 Å². The average Bonchev–Trinajstić information content (AvgIpc) is 3.13. The predicted molar refractivity (Wildman–Crippen MR) is 65.8 cm³/mol. The third-order valence-corrected chi connectivity index (χ3v) is 2.40. The molecule has 0 spiro atoms. The van der Waals surface area contributed by atoms with Crippen LogP contribution < -0.4 is 5.32 Å². The van der Waals surface area contributed by atoms with Crippen LogP contribution in [-0.2, 0) is 0 Å². The van der Waals surface area contributed by atoms with Crippen LogP contribution in [0.2, 0.25) is 0 Å². The Hall–Kier alpha value is -2.96. The summed E-state index contributed by atoms with van der Waals surface area (Å²) >= 11 is 0. The molecule has 0 saturated heterocycles. The highest BCUT2D eigenvalue weighted by molar-refractivity contribution is 6.02. The van der Waals surface area contributed by atoms with E-state index >= 15 is 0 Å². The minimum Gasteiger partial charge on any atom is -0.459 e. The average molecular weight is 255 g/mol. The topological polar surface area (TPSA) is 85.8 Å². The Morgan fingerprint density at radius 3 is 2.89 bits per heavy atom. The molecule has 3 aromatic rings. The Morgan fingerprint density at radius 1 is 1.32 bits per heavy atom. The summed E-state index contributed by atoms with van der Waals surface area (Å²) in [4.78, 5) is 19.7. The number of amides is 1. The van der Waals surface area contributed by atoms with Crippen LogP contribution in [0, 0.1) is 0 Å². The van der Waals surface area contributed by atoms with E-state index in [1.165, 1.54) is 23.5 Å². The monoisotopic (exact) mass is 255 g/mol. The Bertz CT molecular complexity index is 659. The minimum absolute atomic E-state index is 0.250. The van der Waals surface area contributed by atoms with Gasteiger partial charge in [0, 0.05) is 0 Å². The molecule has 0 atom stereocenters. The molecular formula is C12H9N5O2. The molecule has 0 bridgehead atoms. The molecule has 7 nitrogen and oxygen atoms in total. The van der Waals surface area contributed by atoms with E-state index in [2.05, 4.69) is 20.4 Å². The van der Waals surface area contributed by atoms with Gasteiger partial charge in [-0.3, -0.25) is 4.79 Å².